The van der Waals surface area contributed by atoms with E-state index in [0.29, 0.717) is 6.54 Å². The Morgan fingerprint density at radius 3 is 1.62 bits per heavy atom. The van der Waals surface area contributed by atoms with Gasteiger partial charge in [-0.2, -0.15) is 0 Å². The summed E-state index contributed by atoms with van der Waals surface area (Å²) in [7, 11) is 0. The van der Waals surface area contributed by atoms with Crippen molar-refractivity contribution in [2.75, 3.05) is 9.80 Å². The zero-order chi connectivity index (χ0) is 46.7. The topological polar surface area (TPSA) is 32.8 Å². The largest absolute Gasteiger partial charge is 0.459 e. The summed E-state index contributed by atoms with van der Waals surface area (Å²) in [5, 5.41) is 15.5. The van der Waals surface area contributed by atoms with E-state index in [-0.39, 0.29) is 0 Å². The van der Waals surface area contributed by atoms with Gasteiger partial charge in [-0.1, -0.05) is 170 Å². The summed E-state index contributed by atoms with van der Waals surface area (Å²) >= 11 is 3.70. The molecule has 0 saturated heterocycles. The van der Waals surface area contributed by atoms with Gasteiger partial charge in [0.25, 0.3) is 0 Å². The number of fused-ring (bicyclic) bond motifs is 10. The van der Waals surface area contributed by atoms with Gasteiger partial charge < -0.3 is 18.6 Å². The molecule has 0 atom stereocenters. The van der Waals surface area contributed by atoms with Gasteiger partial charge in [-0.05, 0) is 76.1 Å². The summed E-state index contributed by atoms with van der Waals surface area (Å²) in [5.41, 5.74) is 9.10. The van der Waals surface area contributed by atoms with Crippen molar-refractivity contribution < 1.29 is 8.83 Å². The van der Waals surface area contributed by atoms with E-state index in [1.165, 1.54) is 67.3 Å². The third-order valence-electron chi connectivity index (χ3n) is 14.5. The number of nitrogens with zero attached hydrogens (tertiary/aromatic N) is 2. The third-order valence-corrected chi connectivity index (χ3v) is 16.9. The van der Waals surface area contributed by atoms with Crippen LogP contribution in [0, 0.1) is 0 Å². The lowest BCUT2D eigenvalue weighted by molar-refractivity contribution is 0.549. The van der Waals surface area contributed by atoms with Crippen LogP contribution in [0.25, 0.3) is 112 Å². The lowest BCUT2D eigenvalue weighted by Gasteiger charge is -2.29. The van der Waals surface area contributed by atoms with Crippen molar-refractivity contribution in [1.29, 1.82) is 0 Å². The van der Waals surface area contributed by atoms with E-state index in [1.807, 2.05) is 40.9 Å². The first-order valence-corrected chi connectivity index (χ1v) is 25.6. The highest BCUT2D eigenvalue weighted by Crippen LogP contribution is 2.52. The number of hydrogen-bond donors (Lipinski definition) is 0. The number of para-hydroxylation sites is 3. The quantitative estimate of drug-likeness (QED) is 0.107. The maximum atomic E-state index is 6.88. The maximum absolute atomic E-state index is 6.88. The summed E-state index contributed by atoms with van der Waals surface area (Å²) in [5.74, 6) is 0.890. The lowest BCUT2D eigenvalue weighted by atomic mass is 9.91. The van der Waals surface area contributed by atoms with Crippen LogP contribution < -0.4 is 9.80 Å². The van der Waals surface area contributed by atoms with E-state index in [4.69, 9.17) is 8.83 Å². The van der Waals surface area contributed by atoms with Crippen LogP contribution in [0.5, 0.6) is 0 Å². The van der Waals surface area contributed by atoms with E-state index in [2.05, 4.69) is 217 Å². The molecule has 4 heterocycles. The van der Waals surface area contributed by atoms with Gasteiger partial charge in [0.2, 0.25) is 0 Å². The minimum Gasteiger partial charge on any atom is -0.459 e. The number of furan rings is 2. The standard InChI is InChI=1S/C65H40N2O2S2/c1-2-3-15-42-41-16-4-8-26-56(41)68-58(42)38-66(54-24-13-21-47-44-18-6-10-28-59(44)70-64(47)54)51-36-32-39-31-35-50-52(37-33-40-30-34-49(51)61(39)62(40)50)67(53-23-12-20-46-43-17-5-9-27-57(43)69-63(46)53)55-25-14-22-48-45-19-7-11-29-60(45)71-65(48)55/h2-37H,1,38H2/b15-3-. The second-order valence-electron chi connectivity index (χ2n) is 18.3. The predicted octanol–water partition coefficient (Wildman–Crippen LogP) is 20.0. The highest BCUT2D eigenvalue weighted by molar-refractivity contribution is 7.26. The number of allylic oxidation sites excluding steroid dienone is 2. The van der Waals surface area contributed by atoms with Crippen LogP contribution in [-0.2, 0) is 6.54 Å². The van der Waals surface area contributed by atoms with Crippen molar-refractivity contribution in [3.8, 4) is 0 Å². The second-order valence-corrected chi connectivity index (χ2v) is 20.4. The summed E-state index contributed by atoms with van der Waals surface area (Å²) in [6.45, 7) is 4.52. The van der Waals surface area contributed by atoms with Gasteiger partial charge in [0, 0.05) is 69.1 Å². The minimum absolute atomic E-state index is 0.503. The molecule has 0 bridgehead atoms. The molecule has 4 nitrogen and oxygen atoms in total. The Balaban J connectivity index is 1.00. The van der Waals surface area contributed by atoms with Crippen molar-refractivity contribution >= 4 is 163 Å². The Kier molecular flexibility index (Phi) is 8.88. The molecule has 0 aliphatic heterocycles. The zero-order valence-electron chi connectivity index (χ0n) is 38.2. The van der Waals surface area contributed by atoms with Crippen LogP contribution in [0.1, 0.15) is 11.3 Å². The summed E-state index contributed by atoms with van der Waals surface area (Å²) < 4.78 is 18.7. The summed E-state index contributed by atoms with van der Waals surface area (Å²) in [6.07, 6.45) is 5.97. The molecular formula is C65H40N2O2S2. The van der Waals surface area contributed by atoms with Crippen molar-refractivity contribution in [3.63, 3.8) is 0 Å². The molecule has 0 amide bonds. The van der Waals surface area contributed by atoms with Crippen LogP contribution in [0.3, 0.4) is 0 Å². The molecule has 334 valence electrons. The first-order chi connectivity index (χ1) is 35.2. The fourth-order valence-electron chi connectivity index (χ4n) is 11.4. The Morgan fingerprint density at radius 1 is 0.408 bits per heavy atom. The van der Waals surface area contributed by atoms with Crippen LogP contribution in [0.4, 0.5) is 28.4 Å². The molecule has 11 aromatic carbocycles. The molecule has 0 radical (unpaired) electrons. The third kappa shape index (κ3) is 6.02. The van der Waals surface area contributed by atoms with Gasteiger partial charge >= 0.3 is 0 Å². The predicted molar refractivity (Wildman–Crippen MR) is 306 cm³/mol. The van der Waals surface area contributed by atoms with E-state index < -0.39 is 0 Å². The first-order valence-electron chi connectivity index (χ1n) is 24.0. The number of thiophene rings is 2. The van der Waals surface area contributed by atoms with Crippen molar-refractivity contribution in [1.82, 2.24) is 0 Å². The van der Waals surface area contributed by atoms with Crippen LogP contribution >= 0.6 is 22.7 Å². The molecule has 0 saturated carbocycles. The molecule has 0 aliphatic carbocycles. The molecule has 6 heteroatoms. The van der Waals surface area contributed by atoms with Crippen LogP contribution in [0.15, 0.2) is 228 Å². The second kappa shape index (κ2) is 15.7. The van der Waals surface area contributed by atoms with Crippen LogP contribution in [-0.4, -0.2) is 0 Å². The van der Waals surface area contributed by atoms with E-state index in [1.54, 1.807) is 0 Å². The molecule has 15 aromatic rings. The normalized spacial score (nSPS) is 12.3. The van der Waals surface area contributed by atoms with Crippen molar-refractivity contribution in [2.45, 2.75) is 6.54 Å². The molecule has 0 unspecified atom stereocenters. The monoisotopic (exact) mass is 944 g/mol. The van der Waals surface area contributed by atoms with Crippen molar-refractivity contribution in [3.05, 3.63) is 230 Å². The fraction of sp³-hybridized carbons (Fsp3) is 0.0154. The summed E-state index contributed by atoms with van der Waals surface area (Å²) in [6, 6.07) is 72.8. The molecule has 15 rings (SSSR count). The summed E-state index contributed by atoms with van der Waals surface area (Å²) in [4.78, 5) is 4.95. The van der Waals surface area contributed by atoms with E-state index in [9.17, 15) is 0 Å². The fourth-order valence-corrected chi connectivity index (χ4v) is 13.8. The highest BCUT2D eigenvalue weighted by Gasteiger charge is 2.27. The van der Waals surface area contributed by atoms with Crippen molar-refractivity contribution in [2.24, 2.45) is 0 Å². The number of benzene rings is 11. The van der Waals surface area contributed by atoms with Gasteiger partial charge in [-0.25, -0.2) is 0 Å². The molecule has 0 aliphatic rings. The SMILES string of the molecule is C=C/C=C\c1c(CN(c2ccc3ccc4c(N(c5cccc6c5oc5ccccc56)c5cccc6c5sc5ccccc56)ccc5ccc2c3c54)c2cccc3c2sc2ccccc23)oc2ccccc12. The Hall–Kier alpha value is -8.68. The van der Waals surface area contributed by atoms with Gasteiger partial charge in [0.05, 0.1) is 38.7 Å². The Bertz CT molecular complexity index is 4570. The minimum atomic E-state index is 0.503. The molecular weight excluding hydrogens is 905 g/mol. The highest BCUT2D eigenvalue weighted by atomic mass is 32.1. The number of anilines is 5. The molecule has 4 aromatic heterocycles. The maximum Gasteiger partial charge on any atom is 0.159 e. The first kappa shape index (κ1) is 40.2. The molecule has 0 spiro atoms. The van der Waals surface area contributed by atoms with E-state index in [0.717, 1.165) is 78.1 Å². The molecule has 71 heavy (non-hydrogen) atoms. The van der Waals surface area contributed by atoms with Gasteiger partial charge in [-0.15, -0.1) is 22.7 Å². The van der Waals surface area contributed by atoms with E-state index >= 15 is 0 Å². The van der Waals surface area contributed by atoms with Crippen LogP contribution in [0.2, 0.25) is 0 Å². The number of hydrogen-bond acceptors (Lipinski definition) is 6. The molecule has 0 N–H and O–H groups in total. The van der Waals surface area contributed by atoms with Gasteiger partial charge in [0.1, 0.15) is 16.9 Å². The van der Waals surface area contributed by atoms with Gasteiger partial charge in [-0.3, -0.25) is 0 Å². The number of rotatable bonds is 9. The average molecular weight is 945 g/mol. The Morgan fingerprint density at radius 2 is 0.930 bits per heavy atom. The average Bonchev–Trinajstić information content (AvgIpc) is 4.20. The zero-order valence-corrected chi connectivity index (χ0v) is 39.9. The van der Waals surface area contributed by atoms with Gasteiger partial charge in [0.15, 0.2) is 5.58 Å². The molecule has 0 fully saturated rings. The smallest absolute Gasteiger partial charge is 0.159 e. The Labute approximate surface area is 415 Å². The lowest BCUT2D eigenvalue weighted by Crippen LogP contribution is -2.17.